The second-order valence-electron chi connectivity index (χ2n) is 6.11. The Kier molecular flexibility index (Phi) is 5.26. The minimum absolute atomic E-state index is 0.0941. The van der Waals surface area contributed by atoms with E-state index in [1.54, 1.807) is 6.20 Å². The number of hydrogen-bond donors (Lipinski definition) is 1. The highest BCUT2D eigenvalue weighted by Gasteiger charge is 2.17. The Morgan fingerprint density at radius 2 is 2.00 bits per heavy atom. The van der Waals surface area contributed by atoms with Crippen LogP contribution in [0.3, 0.4) is 0 Å². The lowest BCUT2D eigenvalue weighted by atomic mass is 10.0. The van der Waals surface area contributed by atoms with E-state index in [2.05, 4.69) is 34.6 Å². The van der Waals surface area contributed by atoms with Crippen LogP contribution in [0, 0.1) is 0 Å². The minimum Gasteiger partial charge on any atom is -0.475 e. The van der Waals surface area contributed by atoms with Crippen molar-refractivity contribution >= 4 is 0 Å². The Bertz CT molecular complexity index is 637. The van der Waals surface area contributed by atoms with Gasteiger partial charge in [-0.05, 0) is 50.1 Å². The van der Waals surface area contributed by atoms with Gasteiger partial charge >= 0.3 is 0 Å². The summed E-state index contributed by atoms with van der Waals surface area (Å²) >= 11 is 0. The van der Waals surface area contributed by atoms with Gasteiger partial charge in [0.15, 0.2) is 0 Å². The van der Waals surface area contributed by atoms with Gasteiger partial charge in [-0.25, -0.2) is 4.98 Å². The number of aromatic nitrogens is 1. The standard InChI is InChI=1S/C19H24N2O2/c1-14(2)23-19-18(8-5-10-21-19)17-7-4-3-6-15(17)13-22-16-9-11-20-12-16/h3-8,10,14,16,20H,9,11-13H2,1-2H3. The predicted octanol–water partition coefficient (Wildman–Crippen LogP) is 3.41. The highest BCUT2D eigenvalue weighted by molar-refractivity contribution is 5.71. The fourth-order valence-electron chi connectivity index (χ4n) is 2.80. The molecule has 0 radical (unpaired) electrons. The summed E-state index contributed by atoms with van der Waals surface area (Å²) < 4.78 is 11.9. The number of pyridine rings is 1. The molecule has 0 aliphatic carbocycles. The van der Waals surface area contributed by atoms with Gasteiger partial charge in [0.1, 0.15) is 0 Å². The molecule has 0 bridgehead atoms. The molecule has 1 aliphatic heterocycles. The maximum absolute atomic E-state index is 6.05. The minimum atomic E-state index is 0.0941. The molecule has 4 heteroatoms. The third kappa shape index (κ3) is 4.09. The number of nitrogens with zero attached hydrogens (tertiary/aromatic N) is 1. The molecular formula is C19H24N2O2. The molecule has 0 saturated carbocycles. The van der Waals surface area contributed by atoms with Crippen LogP contribution in [-0.4, -0.2) is 30.3 Å². The fourth-order valence-corrected chi connectivity index (χ4v) is 2.80. The Morgan fingerprint density at radius 3 is 2.78 bits per heavy atom. The lowest BCUT2D eigenvalue weighted by molar-refractivity contribution is 0.0545. The molecule has 0 spiro atoms. The molecule has 2 heterocycles. The molecule has 1 N–H and O–H groups in total. The topological polar surface area (TPSA) is 43.4 Å². The van der Waals surface area contributed by atoms with Crippen molar-refractivity contribution in [1.29, 1.82) is 0 Å². The summed E-state index contributed by atoms with van der Waals surface area (Å²) in [5, 5.41) is 3.33. The second-order valence-corrected chi connectivity index (χ2v) is 6.11. The molecule has 1 atom stereocenters. The molecule has 1 aromatic heterocycles. The summed E-state index contributed by atoms with van der Waals surface area (Å²) in [4.78, 5) is 4.40. The predicted molar refractivity (Wildman–Crippen MR) is 91.5 cm³/mol. The van der Waals surface area contributed by atoms with E-state index in [0.29, 0.717) is 18.6 Å². The zero-order valence-corrected chi connectivity index (χ0v) is 13.8. The van der Waals surface area contributed by atoms with Crippen LogP contribution >= 0.6 is 0 Å². The van der Waals surface area contributed by atoms with Crippen LogP contribution in [0.4, 0.5) is 0 Å². The van der Waals surface area contributed by atoms with Gasteiger partial charge in [-0.3, -0.25) is 0 Å². The number of benzene rings is 1. The van der Waals surface area contributed by atoms with Crippen molar-refractivity contribution in [3.8, 4) is 17.0 Å². The van der Waals surface area contributed by atoms with Crippen LogP contribution in [0.5, 0.6) is 5.88 Å². The molecular weight excluding hydrogens is 288 g/mol. The van der Waals surface area contributed by atoms with Crippen LogP contribution in [-0.2, 0) is 11.3 Å². The molecule has 1 fully saturated rings. The first kappa shape index (κ1) is 16.0. The van der Waals surface area contributed by atoms with E-state index in [0.717, 1.165) is 30.6 Å². The van der Waals surface area contributed by atoms with Crippen molar-refractivity contribution in [2.75, 3.05) is 13.1 Å². The van der Waals surface area contributed by atoms with E-state index in [1.165, 1.54) is 5.56 Å². The molecule has 1 unspecified atom stereocenters. The van der Waals surface area contributed by atoms with Crippen LogP contribution in [0.1, 0.15) is 25.8 Å². The van der Waals surface area contributed by atoms with E-state index in [9.17, 15) is 0 Å². The van der Waals surface area contributed by atoms with Gasteiger partial charge in [0.2, 0.25) is 5.88 Å². The number of hydrogen-bond acceptors (Lipinski definition) is 4. The summed E-state index contributed by atoms with van der Waals surface area (Å²) in [5.41, 5.74) is 3.31. The summed E-state index contributed by atoms with van der Waals surface area (Å²) in [7, 11) is 0. The zero-order valence-electron chi connectivity index (χ0n) is 13.8. The van der Waals surface area contributed by atoms with Gasteiger partial charge in [-0.15, -0.1) is 0 Å². The number of ether oxygens (including phenoxy) is 2. The van der Waals surface area contributed by atoms with Crippen molar-refractivity contribution < 1.29 is 9.47 Å². The number of nitrogens with one attached hydrogen (secondary N) is 1. The Morgan fingerprint density at radius 1 is 1.17 bits per heavy atom. The Hall–Kier alpha value is -1.91. The van der Waals surface area contributed by atoms with Crippen molar-refractivity contribution in [1.82, 2.24) is 10.3 Å². The van der Waals surface area contributed by atoms with Gasteiger partial charge in [-0.1, -0.05) is 24.3 Å². The van der Waals surface area contributed by atoms with Crippen molar-refractivity contribution in [2.45, 2.75) is 39.1 Å². The van der Waals surface area contributed by atoms with E-state index in [1.807, 2.05) is 26.0 Å². The molecule has 1 aliphatic rings. The fraction of sp³-hybridized carbons (Fsp3) is 0.421. The maximum Gasteiger partial charge on any atom is 0.221 e. The van der Waals surface area contributed by atoms with E-state index >= 15 is 0 Å². The first-order valence-electron chi connectivity index (χ1n) is 8.26. The first-order valence-corrected chi connectivity index (χ1v) is 8.26. The van der Waals surface area contributed by atoms with Gasteiger partial charge < -0.3 is 14.8 Å². The van der Waals surface area contributed by atoms with Gasteiger partial charge in [0.25, 0.3) is 0 Å². The monoisotopic (exact) mass is 312 g/mol. The largest absolute Gasteiger partial charge is 0.475 e. The third-order valence-electron chi connectivity index (χ3n) is 3.92. The lowest BCUT2D eigenvalue weighted by Crippen LogP contribution is -2.16. The van der Waals surface area contributed by atoms with Gasteiger partial charge in [0, 0.05) is 18.3 Å². The summed E-state index contributed by atoms with van der Waals surface area (Å²) in [5.74, 6) is 0.678. The molecule has 23 heavy (non-hydrogen) atoms. The SMILES string of the molecule is CC(C)Oc1ncccc1-c1ccccc1COC1CCNC1. The van der Waals surface area contributed by atoms with Gasteiger partial charge in [-0.2, -0.15) is 0 Å². The van der Waals surface area contributed by atoms with Crippen molar-refractivity contribution in [3.05, 3.63) is 48.2 Å². The molecule has 122 valence electrons. The highest BCUT2D eigenvalue weighted by Crippen LogP contribution is 2.31. The van der Waals surface area contributed by atoms with Gasteiger partial charge in [0.05, 0.1) is 18.8 Å². The van der Waals surface area contributed by atoms with Crippen LogP contribution < -0.4 is 10.1 Å². The number of rotatable bonds is 6. The third-order valence-corrected chi connectivity index (χ3v) is 3.92. The smallest absolute Gasteiger partial charge is 0.221 e. The molecule has 0 amide bonds. The molecule has 3 rings (SSSR count). The van der Waals surface area contributed by atoms with E-state index < -0.39 is 0 Å². The molecule has 1 saturated heterocycles. The quantitative estimate of drug-likeness (QED) is 0.887. The lowest BCUT2D eigenvalue weighted by Gasteiger charge is -2.17. The van der Waals surface area contributed by atoms with Crippen LogP contribution in [0.15, 0.2) is 42.6 Å². The normalized spacial score (nSPS) is 17.6. The average Bonchev–Trinajstić information content (AvgIpc) is 3.07. The Balaban J connectivity index is 1.85. The summed E-state index contributed by atoms with van der Waals surface area (Å²) in [6, 6.07) is 12.3. The second kappa shape index (κ2) is 7.57. The van der Waals surface area contributed by atoms with Crippen molar-refractivity contribution in [3.63, 3.8) is 0 Å². The molecule has 4 nitrogen and oxygen atoms in total. The highest BCUT2D eigenvalue weighted by atomic mass is 16.5. The molecule has 1 aromatic carbocycles. The van der Waals surface area contributed by atoms with E-state index in [-0.39, 0.29) is 6.10 Å². The van der Waals surface area contributed by atoms with E-state index in [4.69, 9.17) is 9.47 Å². The van der Waals surface area contributed by atoms with Crippen molar-refractivity contribution in [2.24, 2.45) is 0 Å². The first-order chi connectivity index (χ1) is 11.2. The van der Waals surface area contributed by atoms with Crippen LogP contribution in [0.25, 0.3) is 11.1 Å². The maximum atomic E-state index is 6.05. The zero-order chi connectivity index (χ0) is 16.1. The van der Waals surface area contributed by atoms with Crippen LogP contribution in [0.2, 0.25) is 0 Å². The summed E-state index contributed by atoms with van der Waals surface area (Å²) in [6.07, 6.45) is 3.25. The summed E-state index contributed by atoms with van der Waals surface area (Å²) in [6.45, 7) is 6.62. The Labute approximate surface area is 137 Å². The molecule has 2 aromatic rings. The average molecular weight is 312 g/mol.